The van der Waals surface area contributed by atoms with Crippen LogP contribution >= 0.6 is 0 Å². The minimum absolute atomic E-state index is 0.266. The summed E-state index contributed by atoms with van der Waals surface area (Å²) in [7, 11) is 0. The van der Waals surface area contributed by atoms with Crippen molar-refractivity contribution in [3.8, 4) is 0 Å². The number of aliphatic hydroxyl groups is 1. The molecule has 2 amide bonds. The van der Waals surface area contributed by atoms with E-state index in [0.29, 0.717) is 19.4 Å². The van der Waals surface area contributed by atoms with Crippen LogP contribution in [0.4, 0.5) is 0 Å². The molecule has 8 N–H and O–H groups in total. The Morgan fingerprint density at radius 1 is 1.20 bits per heavy atom. The Labute approximate surface area is 116 Å². The molecule has 20 heavy (non-hydrogen) atoms. The summed E-state index contributed by atoms with van der Waals surface area (Å²) in [4.78, 5) is 33.6. The number of nitrogens with one attached hydrogen (secondary N) is 2. The number of aliphatic hydroxyl groups excluding tert-OH is 1. The van der Waals surface area contributed by atoms with Crippen LogP contribution < -0.4 is 22.1 Å². The van der Waals surface area contributed by atoms with Crippen molar-refractivity contribution in [1.82, 2.24) is 10.6 Å². The Morgan fingerprint density at radius 2 is 1.85 bits per heavy atom. The van der Waals surface area contributed by atoms with E-state index in [1.807, 2.05) is 0 Å². The second kappa shape index (κ2) is 10.1. The van der Waals surface area contributed by atoms with Gasteiger partial charge < -0.3 is 32.3 Å². The summed E-state index contributed by atoms with van der Waals surface area (Å²) in [6.07, 6.45) is 1.51. The van der Waals surface area contributed by atoms with Gasteiger partial charge >= 0.3 is 5.97 Å². The predicted octanol–water partition coefficient (Wildman–Crippen LogP) is -2.88. The van der Waals surface area contributed by atoms with Gasteiger partial charge in [-0.25, -0.2) is 4.79 Å². The van der Waals surface area contributed by atoms with Gasteiger partial charge in [-0.3, -0.25) is 9.59 Å². The summed E-state index contributed by atoms with van der Waals surface area (Å²) in [6, 6.07) is -2.12. The fourth-order valence-electron chi connectivity index (χ4n) is 1.38. The number of unbranched alkanes of at least 4 members (excludes halogenated alkanes) is 1. The van der Waals surface area contributed by atoms with Gasteiger partial charge in [-0.1, -0.05) is 0 Å². The Morgan fingerprint density at radius 3 is 2.35 bits per heavy atom. The Kier molecular flexibility index (Phi) is 9.26. The first-order valence-corrected chi connectivity index (χ1v) is 6.28. The Balaban J connectivity index is 4.13. The van der Waals surface area contributed by atoms with Crippen molar-refractivity contribution in [2.75, 3.05) is 19.7 Å². The molecule has 0 aliphatic carbocycles. The number of amides is 2. The summed E-state index contributed by atoms with van der Waals surface area (Å²) >= 11 is 0. The van der Waals surface area contributed by atoms with Crippen LogP contribution in [0.3, 0.4) is 0 Å². The molecule has 0 aliphatic rings. The average Bonchev–Trinajstić information content (AvgIpc) is 2.42. The van der Waals surface area contributed by atoms with Crippen LogP contribution in [0.1, 0.15) is 19.3 Å². The molecule has 0 aromatic carbocycles. The van der Waals surface area contributed by atoms with E-state index in [2.05, 4.69) is 10.6 Å². The first kappa shape index (κ1) is 18.3. The molecule has 0 aliphatic heterocycles. The molecule has 0 unspecified atom stereocenters. The Bertz CT molecular complexity index is 337. The molecular weight excluding hydrogens is 268 g/mol. The van der Waals surface area contributed by atoms with Gasteiger partial charge in [0, 0.05) is 0 Å². The molecule has 0 spiro atoms. The third-order valence-electron chi connectivity index (χ3n) is 2.54. The van der Waals surface area contributed by atoms with Crippen molar-refractivity contribution in [3.63, 3.8) is 0 Å². The minimum Gasteiger partial charge on any atom is -0.480 e. The van der Waals surface area contributed by atoms with Gasteiger partial charge in [0.05, 0.1) is 13.2 Å². The lowest BCUT2D eigenvalue weighted by molar-refractivity contribution is -0.142. The van der Waals surface area contributed by atoms with Crippen molar-refractivity contribution in [2.24, 2.45) is 11.5 Å². The summed E-state index contributed by atoms with van der Waals surface area (Å²) in [5.74, 6) is -2.46. The van der Waals surface area contributed by atoms with Crippen LogP contribution in [0.2, 0.25) is 0 Å². The van der Waals surface area contributed by atoms with E-state index in [1.54, 1.807) is 0 Å². The van der Waals surface area contributed by atoms with E-state index in [-0.39, 0.29) is 6.42 Å². The van der Waals surface area contributed by atoms with Crippen molar-refractivity contribution in [2.45, 2.75) is 31.3 Å². The zero-order chi connectivity index (χ0) is 15.5. The molecule has 116 valence electrons. The minimum atomic E-state index is -1.14. The van der Waals surface area contributed by atoms with Crippen molar-refractivity contribution in [1.29, 1.82) is 0 Å². The zero-order valence-corrected chi connectivity index (χ0v) is 11.2. The third-order valence-corrected chi connectivity index (χ3v) is 2.54. The number of nitrogens with two attached hydrogens (primary N) is 2. The lowest BCUT2D eigenvalue weighted by atomic mass is 10.1. The van der Waals surface area contributed by atoms with E-state index in [9.17, 15) is 14.4 Å². The van der Waals surface area contributed by atoms with Crippen LogP contribution in [0.25, 0.3) is 0 Å². The number of carbonyl (C=O) groups excluding carboxylic acids is 2. The average molecular weight is 290 g/mol. The van der Waals surface area contributed by atoms with Crippen LogP contribution in [0.5, 0.6) is 0 Å². The van der Waals surface area contributed by atoms with Gasteiger partial charge in [0.15, 0.2) is 0 Å². The molecule has 0 saturated heterocycles. The van der Waals surface area contributed by atoms with E-state index < -0.39 is 43.0 Å². The highest BCUT2D eigenvalue weighted by molar-refractivity contribution is 5.89. The number of hydrogen-bond donors (Lipinski definition) is 6. The van der Waals surface area contributed by atoms with Gasteiger partial charge in [0.1, 0.15) is 12.1 Å². The van der Waals surface area contributed by atoms with Crippen molar-refractivity contribution in [3.05, 3.63) is 0 Å². The maximum absolute atomic E-state index is 11.5. The molecule has 0 saturated carbocycles. The molecule has 0 aromatic heterocycles. The standard InChI is InChI=1S/C11H22N4O5/c12-4-2-1-3-8(11(19)20)15-9(17)5-14-10(18)7(13)6-16/h7-8,16H,1-6,12-13H2,(H,14,18)(H,15,17)(H,19,20)/t7-,8-/m0/s1. The number of carbonyl (C=O) groups is 3. The van der Waals surface area contributed by atoms with Gasteiger partial charge in [-0.05, 0) is 25.8 Å². The molecule has 0 bridgehead atoms. The molecule has 0 fully saturated rings. The van der Waals surface area contributed by atoms with Crippen molar-refractivity contribution >= 4 is 17.8 Å². The topological polar surface area (TPSA) is 168 Å². The highest BCUT2D eigenvalue weighted by Crippen LogP contribution is 2.00. The summed E-state index contributed by atoms with van der Waals surface area (Å²) in [5, 5.41) is 22.1. The zero-order valence-electron chi connectivity index (χ0n) is 11.2. The normalized spacial score (nSPS) is 13.3. The monoisotopic (exact) mass is 290 g/mol. The number of rotatable bonds is 10. The van der Waals surface area contributed by atoms with Crippen LogP contribution in [-0.4, -0.2) is 59.8 Å². The Hall–Kier alpha value is -1.71. The van der Waals surface area contributed by atoms with Crippen LogP contribution in [-0.2, 0) is 14.4 Å². The highest BCUT2D eigenvalue weighted by atomic mass is 16.4. The second-order valence-corrected chi connectivity index (χ2v) is 4.25. The number of carboxylic acids is 1. The van der Waals surface area contributed by atoms with Gasteiger partial charge in [0.25, 0.3) is 0 Å². The lowest BCUT2D eigenvalue weighted by Crippen LogP contribution is -2.49. The number of carboxylic acid groups (broad SMARTS) is 1. The molecule has 0 radical (unpaired) electrons. The van der Waals surface area contributed by atoms with Gasteiger partial charge in [-0.2, -0.15) is 0 Å². The first-order chi connectivity index (χ1) is 9.42. The predicted molar refractivity (Wildman–Crippen MR) is 70.5 cm³/mol. The molecule has 9 heteroatoms. The first-order valence-electron chi connectivity index (χ1n) is 6.28. The fraction of sp³-hybridized carbons (Fsp3) is 0.727. The SMILES string of the molecule is NCCCC[C@H](NC(=O)CNC(=O)[C@@H](N)CO)C(=O)O. The maximum Gasteiger partial charge on any atom is 0.326 e. The fourth-order valence-corrected chi connectivity index (χ4v) is 1.38. The van der Waals surface area contributed by atoms with Crippen molar-refractivity contribution < 1.29 is 24.6 Å². The largest absolute Gasteiger partial charge is 0.480 e. The second-order valence-electron chi connectivity index (χ2n) is 4.25. The van der Waals surface area contributed by atoms with Gasteiger partial charge in [-0.15, -0.1) is 0 Å². The molecule has 0 rings (SSSR count). The van der Waals surface area contributed by atoms with E-state index in [4.69, 9.17) is 21.7 Å². The van der Waals surface area contributed by atoms with E-state index >= 15 is 0 Å². The van der Waals surface area contributed by atoms with Crippen LogP contribution in [0, 0.1) is 0 Å². The maximum atomic E-state index is 11.5. The molecule has 0 heterocycles. The smallest absolute Gasteiger partial charge is 0.326 e. The van der Waals surface area contributed by atoms with E-state index in [0.717, 1.165) is 0 Å². The molecular formula is C11H22N4O5. The quantitative estimate of drug-likeness (QED) is 0.235. The van der Waals surface area contributed by atoms with Gasteiger partial charge in [0.2, 0.25) is 11.8 Å². The summed E-state index contributed by atoms with van der Waals surface area (Å²) in [6.45, 7) is -0.479. The number of aliphatic carboxylic acids is 1. The van der Waals surface area contributed by atoms with Crippen LogP contribution in [0.15, 0.2) is 0 Å². The summed E-state index contributed by atoms with van der Waals surface area (Å²) < 4.78 is 0. The molecule has 9 nitrogen and oxygen atoms in total. The molecule has 2 atom stereocenters. The third kappa shape index (κ3) is 7.67. The lowest BCUT2D eigenvalue weighted by Gasteiger charge is -2.15. The highest BCUT2D eigenvalue weighted by Gasteiger charge is 2.20. The summed E-state index contributed by atoms with van der Waals surface area (Å²) in [5.41, 5.74) is 10.5. The number of hydrogen-bond acceptors (Lipinski definition) is 6. The van der Waals surface area contributed by atoms with E-state index in [1.165, 1.54) is 0 Å². The molecule has 0 aromatic rings.